The van der Waals surface area contributed by atoms with Gasteiger partial charge in [0.05, 0.1) is 6.04 Å². The normalized spacial score (nSPS) is 19.0. The third kappa shape index (κ3) is 7.75. The van der Waals surface area contributed by atoms with Crippen LogP contribution in [-0.4, -0.2) is 43.0 Å². The molecule has 1 heterocycles. The molecule has 1 fully saturated rings. The molecule has 0 aromatic rings. The molecule has 1 amide bonds. The van der Waals surface area contributed by atoms with Gasteiger partial charge >= 0.3 is 0 Å². The molecule has 1 saturated heterocycles. The van der Waals surface area contributed by atoms with Crippen molar-refractivity contribution in [3.8, 4) is 0 Å². The summed E-state index contributed by atoms with van der Waals surface area (Å²) in [5.41, 5.74) is 5.52. The Labute approximate surface area is 123 Å². The first-order chi connectivity index (χ1) is 8.49. The van der Waals surface area contributed by atoms with Crippen LogP contribution >= 0.6 is 12.4 Å². The Morgan fingerprint density at radius 1 is 1.32 bits per heavy atom. The molecule has 1 aliphatic heterocycles. The molecule has 0 aliphatic carbocycles. The number of halogens is 1. The first-order valence-electron chi connectivity index (χ1n) is 7.24. The van der Waals surface area contributed by atoms with Gasteiger partial charge in [0, 0.05) is 6.54 Å². The highest BCUT2D eigenvalue weighted by Crippen LogP contribution is 2.17. The smallest absolute Gasteiger partial charge is 0.236 e. The summed E-state index contributed by atoms with van der Waals surface area (Å²) in [6.07, 6.45) is 3.67. The third-order valence-electron chi connectivity index (χ3n) is 3.71. The Bertz CT molecular complexity index is 251. The van der Waals surface area contributed by atoms with E-state index in [0.717, 1.165) is 12.5 Å². The van der Waals surface area contributed by atoms with Crippen LogP contribution in [0.5, 0.6) is 0 Å². The largest absolute Gasteiger partial charge is 0.354 e. The molecule has 0 spiro atoms. The summed E-state index contributed by atoms with van der Waals surface area (Å²) < 4.78 is 0. The van der Waals surface area contributed by atoms with Gasteiger partial charge < -0.3 is 16.0 Å². The van der Waals surface area contributed by atoms with Gasteiger partial charge in [0.2, 0.25) is 5.91 Å². The minimum absolute atomic E-state index is 0. The molecule has 0 saturated carbocycles. The van der Waals surface area contributed by atoms with Crippen LogP contribution in [0.4, 0.5) is 0 Å². The van der Waals surface area contributed by atoms with Gasteiger partial charge in [-0.05, 0) is 57.7 Å². The summed E-state index contributed by atoms with van der Waals surface area (Å²) >= 11 is 0. The average molecular weight is 292 g/mol. The quantitative estimate of drug-likeness (QED) is 0.782. The topological polar surface area (TPSA) is 58.4 Å². The van der Waals surface area contributed by atoms with Gasteiger partial charge in [0.25, 0.3) is 0 Å². The minimum atomic E-state index is -0.392. The van der Waals surface area contributed by atoms with Crippen LogP contribution in [0, 0.1) is 11.8 Å². The van der Waals surface area contributed by atoms with E-state index in [9.17, 15) is 4.79 Å². The molecule has 0 aromatic carbocycles. The molecule has 1 aliphatic rings. The van der Waals surface area contributed by atoms with Crippen molar-refractivity contribution >= 4 is 18.3 Å². The fraction of sp³-hybridized carbons (Fsp3) is 0.929. The van der Waals surface area contributed by atoms with Crippen LogP contribution < -0.4 is 11.1 Å². The maximum absolute atomic E-state index is 11.4. The van der Waals surface area contributed by atoms with E-state index in [0.29, 0.717) is 5.92 Å². The zero-order valence-electron chi connectivity index (χ0n) is 12.5. The molecule has 0 radical (unpaired) electrons. The zero-order valence-corrected chi connectivity index (χ0v) is 13.3. The second kappa shape index (κ2) is 9.56. The lowest BCUT2D eigenvalue weighted by molar-refractivity contribution is -0.122. The van der Waals surface area contributed by atoms with Crippen LogP contribution in [0.15, 0.2) is 0 Å². The van der Waals surface area contributed by atoms with Crippen molar-refractivity contribution < 1.29 is 4.79 Å². The number of carbonyl (C=O) groups excluding carboxylic acids is 1. The van der Waals surface area contributed by atoms with E-state index in [1.165, 1.54) is 38.9 Å². The van der Waals surface area contributed by atoms with E-state index in [1.807, 2.05) is 0 Å². The molecule has 5 heteroatoms. The monoisotopic (exact) mass is 291 g/mol. The molecule has 3 N–H and O–H groups in total. The van der Waals surface area contributed by atoms with Gasteiger partial charge in [-0.2, -0.15) is 0 Å². The summed E-state index contributed by atoms with van der Waals surface area (Å²) in [5.74, 6) is 1.38. The molecule has 0 aromatic heterocycles. The lowest BCUT2D eigenvalue weighted by Gasteiger charge is -2.32. The second-order valence-corrected chi connectivity index (χ2v) is 6.00. The molecule has 0 bridgehead atoms. The van der Waals surface area contributed by atoms with E-state index in [4.69, 9.17) is 5.73 Å². The van der Waals surface area contributed by atoms with Crippen LogP contribution in [0.3, 0.4) is 0 Å². The summed E-state index contributed by atoms with van der Waals surface area (Å²) in [6, 6.07) is -0.392. The lowest BCUT2D eigenvalue weighted by Crippen LogP contribution is -2.43. The molecule has 114 valence electrons. The maximum atomic E-state index is 11.4. The third-order valence-corrected chi connectivity index (χ3v) is 3.71. The molecule has 1 atom stereocenters. The number of nitrogens with one attached hydrogen (secondary N) is 1. The van der Waals surface area contributed by atoms with Crippen molar-refractivity contribution in [3.63, 3.8) is 0 Å². The summed E-state index contributed by atoms with van der Waals surface area (Å²) in [5, 5.41) is 2.93. The van der Waals surface area contributed by atoms with E-state index >= 15 is 0 Å². The Morgan fingerprint density at radius 2 is 1.89 bits per heavy atom. The SMILES string of the molecule is CC(C)CCN1CCC(CNC(=O)C(C)N)CC1.Cl. The Hall–Kier alpha value is -0.320. The number of hydrogen-bond donors (Lipinski definition) is 2. The van der Waals surface area contributed by atoms with Crippen molar-refractivity contribution in [1.29, 1.82) is 0 Å². The number of amides is 1. The molecule has 1 unspecified atom stereocenters. The van der Waals surface area contributed by atoms with Crippen LogP contribution in [-0.2, 0) is 4.79 Å². The summed E-state index contributed by atoms with van der Waals surface area (Å²) in [6.45, 7) is 10.6. The fourth-order valence-electron chi connectivity index (χ4n) is 2.26. The van der Waals surface area contributed by atoms with Crippen LogP contribution in [0.25, 0.3) is 0 Å². The van der Waals surface area contributed by atoms with Gasteiger partial charge in [0.15, 0.2) is 0 Å². The predicted octanol–water partition coefficient (Wildman–Crippen LogP) is 1.63. The van der Waals surface area contributed by atoms with E-state index < -0.39 is 6.04 Å². The number of carbonyl (C=O) groups is 1. The number of hydrogen-bond acceptors (Lipinski definition) is 3. The van der Waals surface area contributed by atoms with Crippen molar-refractivity contribution in [2.24, 2.45) is 17.6 Å². The van der Waals surface area contributed by atoms with Crippen LogP contribution in [0.2, 0.25) is 0 Å². The second-order valence-electron chi connectivity index (χ2n) is 6.00. The number of rotatable bonds is 6. The molecule has 1 rings (SSSR count). The summed E-state index contributed by atoms with van der Waals surface area (Å²) in [4.78, 5) is 13.9. The molecule has 19 heavy (non-hydrogen) atoms. The Balaban J connectivity index is 0.00000324. The number of likely N-dealkylation sites (tertiary alicyclic amines) is 1. The van der Waals surface area contributed by atoms with Gasteiger partial charge in [-0.25, -0.2) is 0 Å². The van der Waals surface area contributed by atoms with Crippen molar-refractivity contribution in [3.05, 3.63) is 0 Å². The van der Waals surface area contributed by atoms with Gasteiger partial charge in [-0.1, -0.05) is 13.8 Å². The van der Waals surface area contributed by atoms with Gasteiger partial charge in [-0.3, -0.25) is 4.79 Å². The van der Waals surface area contributed by atoms with Gasteiger partial charge in [-0.15, -0.1) is 12.4 Å². The van der Waals surface area contributed by atoms with Gasteiger partial charge in [0.1, 0.15) is 0 Å². The average Bonchev–Trinajstić information content (AvgIpc) is 2.34. The lowest BCUT2D eigenvalue weighted by atomic mass is 9.96. The van der Waals surface area contributed by atoms with E-state index in [-0.39, 0.29) is 18.3 Å². The van der Waals surface area contributed by atoms with Crippen molar-refractivity contribution in [2.45, 2.75) is 46.1 Å². The Morgan fingerprint density at radius 3 is 2.37 bits per heavy atom. The van der Waals surface area contributed by atoms with Crippen molar-refractivity contribution in [2.75, 3.05) is 26.2 Å². The minimum Gasteiger partial charge on any atom is -0.354 e. The number of piperidine rings is 1. The molecule has 4 nitrogen and oxygen atoms in total. The maximum Gasteiger partial charge on any atom is 0.236 e. The fourth-order valence-corrected chi connectivity index (χ4v) is 2.26. The Kier molecular flexibility index (Phi) is 9.40. The van der Waals surface area contributed by atoms with E-state index in [2.05, 4.69) is 24.1 Å². The molecular weight excluding hydrogens is 262 g/mol. The highest BCUT2D eigenvalue weighted by atomic mass is 35.5. The first-order valence-corrected chi connectivity index (χ1v) is 7.24. The predicted molar refractivity (Wildman–Crippen MR) is 82.5 cm³/mol. The highest BCUT2D eigenvalue weighted by molar-refractivity contribution is 5.85. The highest BCUT2D eigenvalue weighted by Gasteiger charge is 2.19. The number of nitrogens with zero attached hydrogens (tertiary/aromatic N) is 1. The van der Waals surface area contributed by atoms with Crippen molar-refractivity contribution in [1.82, 2.24) is 10.2 Å². The number of nitrogens with two attached hydrogens (primary N) is 1. The first kappa shape index (κ1) is 18.7. The summed E-state index contributed by atoms with van der Waals surface area (Å²) in [7, 11) is 0. The zero-order chi connectivity index (χ0) is 13.5. The van der Waals surface area contributed by atoms with Crippen LogP contribution in [0.1, 0.15) is 40.0 Å². The standard InChI is InChI=1S/C14H29N3O.ClH/c1-11(2)4-7-17-8-5-13(6-9-17)10-16-14(18)12(3)15;/h11-13H,4-10,15H2,1-3H3,(H,16,18);1H. The van der Waals surface area contributed by atoms with E-state index in [1.54, 1.807) is 6.92 Å². The molecular formula is C14H30ClN3O.